The number of anilines is 1. The van der Waals surface area contributed by atoms with Gasteiger partial charge in [0.2, 0.25) is 0 Å². The van der Waals surface area contributed by atoms with E-state index in [1.807, 2.05) is 0 Å². The van der Waals surface area contributed by atoms with Crippen molar-refractivity contribution in [1.29, 1.82) is 0 Å². The maximum atomic E-state index is 3.94. The van der Waals surface area contributed by atoms with E-state index < -0.39 is 0 Å². The molecule has 0 bridgehead atoms. The molecule has 1 aliphatic heterocycles. The second kappa shape index (κ2) is 9.23. The van der Waals surface area contributed by atoms with Crippen LogP contribution in [0.25, 0.3) is 0 Å². The molecule has 2 atom stereocenters. The van der Waals surface area contributed by atoms with Crippen molar-refractivity contribution in [3.05, 3.63) is 29.3 Å². The molecule has 28 heavy (non-hydrogen) atoms. The lowest BCUT2D eigenvalue weighted by Gasteiger charge is -2.52. The monoisotopic (exact) mass is 383 g/mol. The first-order valence-corrected chi connectivity index (χ1v) is 12.2. The zero-order valence-corrected chi connectivity index (χ0v) is 19.4. The van der Waals surface area contributed by atoms with E-state index in [1.54, 1.807) is 11.1 Å². The third-order valence-electron chi connectivity index (χ3n) is 7.76. The summed E-state index contributed by atoms with van der Waals surface area (Å²) in [5, 5.41) is 3.94. The van der Waals surface area contributed by atoms with Crippen LogP contribution in [0.4, 0.5) is 5.69 Å². The van der Waals surface area contributed by atoms with Gasteiger partial charge < -0.3 is 5.32 Å². The summed E-state index contributed by atoms with van der Waals surface area (Å²) in [7, 11) is 0. The van der Waals surface area contributed by atoms with Gasteiger partial charge in [0.15, 0.2) is 0 Å². The van der Waals surface area contributed by atoms with Gasteiger partial charge in [-0.3, -0.25) is 0 Å². The van der Waals surface area contributed by atoms with E-state index in [1.165, 1.54) is 82.7 Å². The quantitative estimate of drug-likeness (QED) is 0.423. The minimum Gasteiger partial charge on any atom is -0.382 e. The average Bonchev–Trinajstić information content (AvgIpc) is 2.63. The Kier molecular flexibility index (Phi) is 7.16. The van der Waals surface area contributed by atoms with Crippen LogP contribution in [-0.2, 0) is 11.8 Å². The molecule has 1 nitrogen and oxygen atoms in total. The normalized spacial score (nSPS) is 24.9. The van der Waals surface area contributed by atoms with Crippen LogP contribution in [0.5, 0.6) is 0 Å². The molecule has 1 heteroatoms. The highest BCUT2D eigenvalue weighted by atomic mass is 15.0. The van der Waals surface area contributed by atoms with Crippen molar-refractivity contribution < 1.29 is 0 Å². The van der Waals surface area contributed by atoms with Crippen molar-refractivity contribution in [2.24, 2.45) is 11.3 Å². The third kappa shape index (κ3) is 5.14. The highest BCUT2D eigenvalue weighted by Crippen LogP contribution is 2.52. The number of benzene rings is 1. The summed E-state index contributed by atoms with van der Waals surface area (Å²) >= 11 is 0. The van der Waals surface area contributed by atoms with E-state index in [9.17, 15) is 0 Å². The van der Waals surface area contributed by atoms with E-state index in [4.69, 9.17) is 0 Å². The lowest BCUT2D eigenvalue weighted by Crippen LogP contribution is -2.50. The van der Waals surface area contributed by atoms with Crippen molar-refractivity contribution in [2.75, 3.05) is 5.32 Å². The summed E-state index contributed by atoms with van der Waals surface area (Å²) in [5.41, 5.74) is 5.30. The molecule has 1 aliphatic carbocycles. The topological polar surface area (TPSA) is 12.0 Å². The fraction of sp³-hybridized carbons (Fsp3) is 0.778. The van der Waals surface area contributed by atoms with Crippen LogP contribution >= 0.6 is 0 Å². The van der Waals surface area contributed by atoms with Crippen molar-refractivity contribution in [3.8, 4) is 0 Å². The summed E-state index contributed by atoms with van der Waals surface area (Å²) in [6.07, 6.45) is 16.5. The van der Waals surface area contributed by atoms with Crippen LogP contribution < -0.4 is 5.32 Å². The van der Waals surface area contributed by atoms with Crippen LogP contribution in [0.1, 0.15) is 116 Å². The van der Waals surface area contributed by atoms with E-state index in [2.05, 4.69) is 58.1 Å². The van der Waals surface area contributed by atoms with Gasteiger partial charge in [0.25, 0.3) is 0 Å². The van der Waals surface area contributed by atoms with Crippen molar-refractivity contribution in [3.63, 3.8) is 0 Å². The maximum absolute atomic E-state index is 3.94. The van der Waals surface area contributed by atoms with Crippen LogP contribution in [0.3, 0.4) is 0 Å². The Morgan fingerprint density at radius 3 is 2.32 bits per heavy atom. The molecule has 1 heterocycles. The van der Waals surface area contributed by atoms with E-state index >= 15 is 0 Å². The molecule has 1 saturated carbocycles. The van der Waals surface area contributed by atoms with E-state index in [0.29, 0.717) is 11.5 Å². The molecule has 0 radical (unpaired) electrons. The largest absolute Gasteiger partial charge is 0.382 e. The Labute approximate surface area is 175 Å². The summed E-state index contributed by atoms with van der Waals surface area (Å²) in [6, 6.07) is 7.95. The van der Waals surface area contributed by atoms with Crippen LogP contribution in [-0.4, -0.2) is 6.04 Å². The van der Waals surface area contributed by atoms with Gasteiger partial charge in [-0.15, -0.1) is 0 Å². The molecule has 0 spiro atoms. The summed E-state index contributed by atoms with van der Waals surface area (Å²) < 4.78 is 0. The zero-order valence-electron chi connectivity index (χ0n) is 19.4. The number of hydrogen-bond acceptors (Lipinski definition) is 1. The van der Waals surface area contributed by atoms with Crippen molar-refractivity contribution in [2.45, 2.75) is 123 Å². The van der Waals surface area contributed by atoms with Gasteiger partial charge in [-0.1, -0.05) is 91.7 Å². The Bertz CT molecular complexity index is 627. The smallest absolute Gasteiger partial charge is 0.0380 e. The standard InChI is InChI=1S/C27H45N/c1-6-7-8-9-10-11-12-13-14-21-15-16-24-23(19-21)27(4,5)22-17-18-26(2,3)20-25(22)28-24/h15-16,19,22,25,28H,6-14,17-18,20H2,1-5H3/t22-,25-/m0/s1. The first-order valence-electron chi connectivity index (χ1n) is 12.2. The predicted octanol–water partition coefficient (Wildman–Crippen LogP) is 8.27. The minimum atomic E-state index is 0.289. The first-order chi connectivity index (χ1) is 13.3. The predicted molar refractivity (Wildman–Crippen MR) is 124 cm³/mol. The number of hydrogen-bond donors (Lipinski definition) is 1. The van der Waals surface area contributed by atoms with Gasteiger partial charge in [-0.2, -0.15) is 0 Å². The number of rotatable bonds is 9. The van der Waals surface area contributed by atoms with Crippen LogP contribution in [0.2, 0.25) is 0 Å². The Morgan fingerprint density at radius 2 is 1.61 bits per heavy atom. The van der Waals surface area contributed by atoms with Crippen LogP contribution in [0, 0.1) is 11.3 Å². The molecule has 1 fully saturated rings. The highest BCUT2D eigenvalue weighted by molar-refractivity contribution is 5.59. The van der Waals surface area contributed by atoms with E-state index in [-0.39, 0.29) is 5.41 Å². The first kappa shape index (κ1) is 21.7. The molecule has 1 aromatic rings. The van der Waals surface area contributed by atoms with Gasteiger partial charge in [-0.25, -0.2) is 0 Å². The number of aryl methyl sites for hydroxylation is 1. The molecule has 1 N–H and O–H groups in total. The Balaban J connectivity index is 1.56. The second-order valence-electron chi connectivity index (χ2n) is 11.1. The fourth-order valence-electron chi connectivity index (χ4n) is 5.87. The third-order valence-corrected chi connectivity index (χ3v) is 7.76. The molecule has 2 aliphatic rings. The molecule has 3 rings (SSSR count). The average molecular weight is 384 g/mol. The summed E-state index contributed by atoms with van der Waals surface area (Å²) in [6.45, 7) is 12.2. The Hall–Kier alpha value is -0.980. The van der Waals surface area contributed by atoms with Gasteiger partial charge in [0.05, 0.1) is 0 Å². The minimum absolute atomic E-state index is 0.289. The van der Waals surface area contributed by atoms with Crippen LogP contribution in [0.15, 0.2) is 18.2 Å². The summed E-state index contributed by atoms with van der Waals surface area (Å²) in [4.78, 5) is 0. The fourth-order valence-corrected chi connectivity index (χ4v) is 5.87. The number of fused-ring (bicyclic) bond motifs is 2. The van der Waals surface area contributed by atoms with Gasteiger partial charge >= 0.3 is 0 Å². The van der Waals surface area contributed by atoms with Crippen molar-refractivity contribution >= 4 is 5.69 Å². The highest BCUT2D eigenvalue weighted by Gasteiger charge is 2.46. The summed E-state index contributed by atoms with van der Waals surface area (Å²) in [5.74, 6) is 0.770. The van der Waals surface area contributed by atoms with Gasteiger partial charge in [0, 0.05) is 11.7 Å². The lowest BCUT2D eigenvalue weighted by molar-refractivity contribution is 0.120. The molecule has 0 amide bonds. The SMILES string of the molecule is CCCCCCCCCCc1ccc2c(c1)C(C)(C)[C@H]1CCC(C)(C)C[C@@H]1N2. The van der Waals surface area contributed by atoms with Gasteiger partial charge in [0.1, 0.15) is 0 Å². The lowest BCUT2D eigenvalue weighted by atomic mass is 9.58. The van der Waals surface area contributed by atoms with Crippen molar-refractivity contribution in [1.82, 2.24) is 0 Å². The molecule has 1 aromatic carbocycles. The maximum Gasteiger partial charge on any atom is 0.0380 e. The molecular weight excluding hydrogens is 338 g/mol. The molecule has 0 unspecified atom stereocenters. The van der Waals surface area contributed by atoms with Gasteiger partial charge in [-0.05, 0) is 66.0 Å². The molecule has 0 aromatic heterocycles. The van der Waals surface area contributed by atoms with E-state index in [0.717, 1.165) is 5.92 Å². The second-order valence-corrected chi connectivity index (χ2v) is 11.1. The zero-order chi connectivity index (χ0) is 20.2. The number of unbranched alkanes of at least 4 members (excludes halogenated alkanes) is 7. The number of nitrogens with one attached hydrogen (secondary N) is 1. The molecule has 158 valence electrons. The molecular formula is C27H45N. The Morgan fingerprint density at radius 1 is 0.929 bits per heavy atom. The molecule has 0 saturated heterocycles.